The summed E-state index contributed by atoms with van der Waals surface area (Å²) in [4.78, 5) is 0.294. The van der Waals surface area contributed by atoms with Crippen molar-refractivity contribution in [2.75, 3.05) is 11.6 Å². The van der Waals surface area contributed by atoms with Crippen molar-refractivity contribution in [3.8, 4) is 0 Å². The summed E-state index contributed by atoms with van der Waals surface area (Å²) in [5.41, 5.74) is 1.00. The number of nitrogens with one attached hydrogen (secondary N) is 1. The van der Waals surface area contributed by atoms with Crippen molar-refractivity contribution < 1.29 is 8.42 Å². The van der Waals surface area contributed by atoms with Crippen LogP contribution in [-0.2, 0) is 9.84 Å². The van der Waals surface area contributed by atoms with Crippen LogP contribution in [0.4, 0.5) is 5.69 Å². The van der Waals surface area contributed by atoms with E-state index in [1.165, 1.54) is 25.2 Å². The van der Waals surface area contributed by atoms with Crippen LogP contribution < -0.4 is 5.32 Å². The molecule has 0 heterocycles. The molecule has 2 rings (SSSR count). The SMILES string of the molecule is CC(Nc1cc(S(C)(=O)=O)ccc1Cl)C1(C)CC1. The number of benzene rings is 1. The molecule has 18 heavy (non-hydrogen) atoms. The lowest BCUT2D eigenvalue weighted by Gasteiger charge is -2.22. The maximum absolute atomic E-state index is 11.5. The lowest BCUT2D eigenvalue weighted by Crippen LogP contribution is -2.25. The van der Waals surface area contributed by atoms with Gasteiger partial charge in [-0.05, 0) is 43.4 Å². The first-order valence-corrected chi connectivity index (χ1v) is 8.25. The van der Waals surface area contributed by atoms with Crippen molar-refractivity contribution in [1.29, 1.82) is 0 Å². The number of hydrogen-bond acceptors (Lipinski definition) is 3. The molecule has 1 N–H and O–H groups in total. The molecular weight excluding hydrogens is 270 g/mol. The van der Waals surface area contributed by atoms with Crippen LogP contribution in [0.2, 0.25) is 5.02 Å². The maximum atomic E-state index is 11.5. The van der Waals surface area contributed by atoms with Crippen molar-refractivity contribution in [1.82, 2.24) is 0 Å². The Bertz CT molecular complexity index is 564. The summed E-state index contributed by atoms with van der Waals surface area (Å²) >= 11 is 6.10. The van der Waals surface area contributed by atoms with Gasteiger partial charge in [0.25, 0.3) is 0 Å². The summed E-state index contributed by atoms with van der Waals surface area (Å²) in [5, 5.41) is 3.88. The second kappa shape index (κ2) is 4.42. The molecule has 3 nitrogen and oxygen atoms in total. The highest BCUT2D eigenvalue weighted by molar-refractivity contribution is 7.90. The minimum absolute atomic E-state index is 0.282. The molecule has 5 heteroatoms. The minimum Gasteiger partial charge on any atom is -0.381 e. The van der Waals surface area contributed by atoms with Crippen molar-refractivity contribution >= 4 is 27.1 Å². The zero-order valence-electron chi connectivity index (χ0n) is 10.8. The fourth-order valence-corrected chi connectivity index (χ4v) is 2.70. The van der Waals surface area contributed by atoms with E-state index in [9.17, 15) is 8.42 Å². The summed E-state index contributed by atoms with van der Waals surface area (Å²) in [6.45, 7) is 4.33. The molecule has 0 spiro atoms. The van der Waals surface area contributed by atoms with Gasteiger partial charge in [-0.25, -0.2) is 8.42 Å². The first-order valence-electron chi connectivity index (χ1n) is 5.98. The van der Waals surface area contributed by atoms with Gasteiger partial charge in [-0.15, -0.1) is 0 Å². The van der Waals surface area contributed by atoms with Gasteiger partial charge in [0.05, 0.1) is 15.6 Å². The highest BCUT2D eigenvalue weighted by Crippen LogP contribution is 2.49. The van der Waals surface area contributed by atoms with E-state index in [4.69, 9.17) is 11.6 Å². The van der Waals surface area contributed by atoms with Crippen molar-refractivity contribution in [2.45, 2.75) is 37.6 Å². The van der Waals surface area contributed by atoms with E-state index < -0.39 is 9.84 Å². The number of anilines is 1. The molecule has 0 radical (unpaired) electrons. The van der Waals surface area contributed by atoms with E-state index in [1.54, 1.807) is 12.1 Å². The number of hydrogen-bond donors (Lipinski definition) is 1. The van der Waals surface area contributed by atoms with E-state index >= 15 is 0 Å². The van der Waals surface area contributed by atoms with Gasteiger partial charge >= 0.3 is 0 Å². The standard InChI is InChI=1S/C13H18ClNO2S/c1-9(13(2)6-7-13)15-12-8-10(18(3,16)17)4-5-11(12)14/h4-5,8-9,15H,6-7H2,1-3H3. The molecule has 1 fully saturated rings. The zero-order valence-corrected chi connectivity index (χ0v) is 12.4. The van der Waals surface area contributed by atoms with Gasteiger partial charge in [0.15, 0.2) is 9.84 Å². The summed E-state index contributed by atoms with van der Waals surface area (Å²) in [6.07, 6.45) is 3.60. The van der Waals surface area contributed by atoms with Crippen molar-refractivity contribution in [2.24, 2.45) is 5.41 Å². The number of sulfone groups is 1. The third-order valence-corrected chi connectivity index (χ3v) is 5.26. The van der Waals surface area contributed by atoms with Crippen LogP contribution in [-0.4, -0.2) is 20.7 Å². The maximum Gasteiger partial charge on any atom is 0.175 e. The monoisotopic (exact) mass is 287 g/mol. The summed E-state index contributed by atoms with van der Waals surface area (Å²) in [5.74, 6) is 0. The molecule has 0 saturated heterocycles. The Morgan fingerprint density at radius 3 is 2.50 bits per heavy atom. The molecule has 1 atom stereocenters. The van der Waals surface area contributed by atoms with Crippen LogP contribution in [0.15, 0.2) is 23.1 Å². The van der Waals surface area contributed by atoms with Crippen LogP contribution in [0, 0.1) is 5.41 Å². The first-order chi connectivity index (χ1) is 8.22. The van der Waals surface area contributed by atoms with Gasteiger partial charge in [-0.1, -0.05) is 18.5 Å². The Kier molecular flexibility index (Phi) is 3.36. The van der Waals surface area contributed by atoms with E-state index in [-0.39, 0.29) is 6.04 Å². The summed E-state index contributed by atoms with van der Waals surface area (Å²) in [7, 11) is -3.20. The molecule has 0 bridgehead atoms. The number of halogens is 1. The quantitative estimate of drug-likeness (QED) is 0.924. The van der Waals surface area contributed by atoms with Crippen LogP contribution in [0.3, 0.4) is 0 Å². The third-order valence-electron chi connectivity index (χ3n) is 3.82. The molecule has 0 aromatic heterocycles. The second-order valence-corrected chi connectivity index (χ2v) is 7.86. The molecule has 0 amide bonds. The van der Waals surface area contributed by atoms with Crippen molar-refractivity contribution in [3.05, 3.63) is 23.2 Å². The van der Waals surface area contributed by atoms with E-state index in [1.807, 2.05) is 0 Å². The summed E-state index contributed by atoms with van der Waals surface area (Å²) < 4.78 is 23.0. The fraction of sp³-hybridized carbons (Fsp3) is 0.538. The smallest absolute Gasteiger partial charge is 0.175 e. The molecule has 1 unspecified atom stereocenters. The molecule has 1 aliphatic rings. The van der Waals surface area contributed by atoms with Gasteiger partial charge in [0.1, 0.15) is 0 Å². The molecule has 1 aromatic rings. The average molecular weight is 288 g/mol. The van der Waals surface area contributed by atoms with Crippen LogP contribution in [0.25, 0.3) is 0 Å². The Morgan fingerprint density at radius 1 is 1.39 bits per heavy atom. The normalized spacial score (nSPS) is 19.3. The van der Waals surface area contributed by atoms with Crippen LogP contribution in [0.5, 0.6) is 0 Å². The minimum atomic E-state index is -3.20. The van der Waals surface area contributed by atoms with Gasteiger partial charge in [-0.2, -0.15) is 0 Å². The fourth-order valence-electron chi connectivity index (χ4n) is 1.88. The highest BCUT2D eigenvalue weighted by atomic mass is 35.5. The lowest BCUT2D eigenvalue weighted by molar-refractivity contribution is 0.493. The van der Waals surface area contributed by atoms with E-state index in [0.29, 0.717) is 21.0 Å². The van der Waals surface area contributed by atoms with Gasteiger partial charge in [0, 0.05) is 12.3 Å². The highest BCUT2D eigenvalue weighted by Gasteiger charge is 2.42. The molecule has 100 valence electrons. The van der Waals surface area contributed by atoms with Crippen molar-refractivity contribution in [3.63, 3.8) is 0 Å². The second-order valence-electron chi connectivity index (χ2n) is 5.43. The predicted octanol–water partition coefficient (Wildman–Crippen LogP) is 3.34. The van der Waals surface area contributed by atoms with E-state index in [0.717, 1.165) is 0 Å². The van der Waals surface area contributed by atoms with Crippen LogP contribution >= 0.6 is 11.6 Å². The largest absolute Gasteiger partial charge is 0.381 e. The zero-order chi connectivity index (χ0) is 13.6. The Hall–Kier alpha value is -0.740. The lowest BCUT2D eigenvalue weighted by atomic mass is 10.0. The molecule has 1 aliphatic carbocycles. The topological polar surface area (TPSA) is 46.2 Å². The van der Waals surface area contributed by atoms with Gasteiger partial charge in [-0.3, -0.25) is 0 Å². The molecular formula is C13H18ClNO2S. The Morgan fingerprint density at radius 2 is 2.00 bits per heavy atom. The Labute approximate surface area is 113 Å². The predicted molar refractivity (Wildman–Crippen MR) is 75.0 cm³/mol. The Balaban J connectivity index is 2.27. The van der Waals surface area contributed by atoms with Crippen LogP contribution in [0.1, 0.15) is 26.7 Å². The molecule has 1 aromatic carbocycles. The number of rotatable bonds is 4. The van der Waals surface area contributed by atoms with Gasteiger partial charge < -0.3 is 5.32 Å². The van der Waals surface area contributed by atoms with E-state index in [2.05, 4.69) is 19.2 Å². The third kappa shape index (κ3) is 2.81. The first kappa shape index (κ1) is 13.7. The molecule has 1 saturated carbocycles. The average Bonchev–Trinajstić information content (AvgIpc) is 2.99. The molecule has 0 aliphatic heterocycles. The van der Waals surface area contributed by atoms with Gasteiger partial charge in [0.2, 0.25) is 0 Å². The summed E-state index contributed by atoms with van der Waals surface area (Å²) in [6, 6.07) is 5.05.